The quantitative estimate of drug-likeness (QED) is 0.570. The second kappa shape index (κ2) is 10.0. The van der Waals surface area contributed by atoms with E-state index in [1.165, 1.54) is 22.7 Å². The number of nitrogens with zero attached hydrogens (tertiary/aromatic N) is 2. The third kappa shape index (κ3) is 4.99. The van der Waals surface area contributed by atoms with Crippen LogP contribution in [0.2, 0.25) is 0 Å². The Kier molecular flexibility index (Phi) is 7.43. The summed E-state index contributed by atoms with van der Waals surface area (Å²) < 4.78 is 3.94. The molecule has 1 aliphatic rings. The highest BCUT2D eigenvalue weighted by Crippen LogP contribution is 2.27. The van der Waals surface area contributed by atoms with Crippen LogP contribution in [0.15, 0.2) is 17.5 Å². The van der Waals surface area contributed by atoms with E-state index in [0.717, 1.165) is 42.1 Å². The Morgan fingerprint density at radius 1 is 1.30 bits per heavy atom. The van der Waals surface area contributed by atoms with Crippen LogP contribution in [0.5, 0.6) is 0 Å². The van der Waals surface area contributed by atoms with E-state index < -0.39 is 17.9 Å². The zero-order valence-corrected chi connectivity index (χ0v) is 18.6. The van der Waals surface area contributed by atoms with Crippen molar-refractivity contribution in [3.8, 4) is 0 Å². The van der Waals surface area contributed by atoms with E-state index in [1.54, 1.807) is 0 Å². The summed E-state index contributed by atoms with van der Waals surface area (Å²) in [6.45, 7) is 2.15. The first kappa shape index (κ1) is 22.2. The monoisotopic (exact) mass is 449 g/mol. The Balaban J connectivity index is 1.87. The number of carbonyl (C=O) groups is 3. The van der Waals surface area contributed by atoms with Gasteiger partial charge in [0.25, 0.3) is 11.8 Å². The predicted octanol–water partition coefficient (Wildman–Crippen LogP) is 2.76. The van der Waals surface area contributed by atoms with Gasteiger partial charge in [0.2, 0.25) is 5.91 Å². The number of primary amides is 1. The van der Waals surface area contributed by atoms with Crippen molar-refractivity contribution in [1.82, 2.24) is 14.6 Å². The number of nitrogen functional groups attached to an aromatic ring is 1. The van der Waals surface area contributed by atoms with E-state index in [4.69, 9.17) is 11.5 Å². The van der Waals surface area contributed by atoms with Crippen LogP contribution in [-0.2, 0) is 11.3 Å². The van der Waals surface area contributed by atoms with Crippen molar-refractivity contribution < 1.29 is 14.4 Å². The highest BCUT2D eigenvalue weighted by atomic mass is 32.1. The SMILES string of the molecule is CC[C@@H](C(=O)NC1CCCCC1)N(Cc1cccs1)C(=O)c1snc(C(N)=O)c1N. The number of nitrogens with two attached hydrogens (primary N) is 2. The molecule has 0 aromatic carbocycles. The number of carbonyl (C=O) groups excluding carboxylic acids is 3. The molecular formula is C20H27N5O3S2. The zero-order valence-electron chi connectivity index (χ0n) is 16.9. The Morgan fingerprint density at radius 2 is 2.03 bits per heavy atom. The molecule has 10 heteroatoms. The van der Waals surface area contributed by atoms with Crippen molar-refractivity contribution >= 4 is 46.3 Å². The molecule has 0 spiro atoms. The molecule has 2 heterocycles. The lowest BCUT2D eigenvalue weighted by Gasteiger charge is -2.32. The van der Waals surface area contributed by atoms with Crippen LogP contribution in [0, 0.1) is 0 Å². The molecule has 5 N–H and O–H groups in total. The minimum Gasteiger partial charge on any atom is -0.395 e. The third-order valence-corrected chi connectivity index (χ3v) is 7.05. The van der Waals surface area contributed by atoms with Crippen LogP contribution in [-0.4, -0.2) is 39.1 Å². The molecule has 0 unspecified atom stereocenters. The van der Waals surface area contributed by atoms with Crippen LogP contribution in [0.25, 0.3) is 0 Å². The van der Waals surface area contributed by atoms with Crippen molar-refractivity contribution in [3.05, 3.63) is 33.0 Å². The van der Waals surface area contributed by atoms with Crippen molar-refractivity contribution in [2.75, 3.05) is 5.73 Å². The van der Waals surface area contributed by atoms with Gasteiger partial charge in [0.1, 0.15) is 10.9 Å². The van der Waals surface area contributed by atoms with Crippen LogP contribution in [0.4, 0.5) is 5.69 Å². The third-order valence-electron chi connectivity index (χ3n) is 5.34. The van der Waals surface area contributed by atoms with E-state index in [1.807, 2.05) is 24.4 Å². The van der Waals surface area contributed by atoms with Gasteiger partial charge in [-0.2, -0.15) is 4.37 Å². The van der Waals surface area contributed by atoms with Crippen molar-refractivity contribution in [2.45, 2.75) is 64.1 Å². The Labute approximate surface area is 183 Å². The fourth-order valence-corrected chi connectivity index (χ4v) is 5.21. The van der Waals surface area contributed by atoms with E-state index in [9.17, 15) is 14.4 Å². The number of aromatic nitrogens is 1. The minimum absolute atomic E-state index is 0.0313. The molecule has 1 aliphatic carbocycles. The molecular weight excluding hydrogens is 422 g/mol. The molecule has 0 aliphatic heterocycles. The van der Waals surface area contributed by atoms with E-state index in [-0.39, 0.29) is 34.8 Å². The highest BCUT2D eigenvalue weighted by Gasteiger charge is 2.33. The van der Waals surface area contributed by atoms with Gasteiger partial charge in [-0.3, -0.25) is 14.4 Å². The minimum atomic E-state index is -0.783. The Bertz CT molecular complexity index is 890. The molecule has 30 heavy (non-hydrogen) atoms. The lowest BCUT2D eigenvalue weighted by Crippen LogP contribution is -2.51. The van der Waals surface area contributed by atoms with Gasteiger partial charge in [-0.05, 0) is 42.2 Å². The molecule has 2 aromatic rings. The number of amides is 3. The maximum Gasteiger partial charge on any atom is 0.270 e. The van der Waals surface area contributed by atoms with Crippen LogP contribution in [0.3, 0.4) is 0 Å². The van der Waals surface area contributed by atoms with Gasteiger partial charge in [0.05, 0.1) is 12.2 Å². The number of hydrogen-bond acceptors (Lipinski definition) is 7. The average molecular weight is 450 g/mol. The highest BCUT2D eigenvalue weighted by molar-refractivity contribution is 7.10. The first-order chi connectivity index (χ1) is 14.4. The van der Waals surface area contributed by atoms with E-state index >= 15 is 0 Å². The van der Waals surface area contributed by atoms with Crippen LogP contribution in [0.1, 0.15) is 70.5 Å². The first-order valence-electron chi connectivity index (χ1n) is 10.1. The average Bonchev–Trinajstić information content (AvgIpc) is 3.37. The number of hydrogen-bond donors (Lipinski definition) is 3. The zero-order chi connectivity index (χ0) is 21.7. The van der Waals surface area contributed by atoms with Gasteiger partial charge >= 0.3 is 0 Å². The van der Waals surface area contributed by atoms with Gasteiger partial charge < -0.3 is 21.7 Å². The number of rotatable bonds is 8. The van der Waals surface area contributed by atoms with Gasteiger partial charge in [-0.1, -0.05) is 32.3 Å². The second-order valence-electron chi connectivity index (χ2n) is 7.42. The van der Waals surface area contributed by atoms with Crippen molar-refractivity contribution in [3.63, 3.8) is 0 Å². The normalized spacial score (nSPS) is 15.5. The summed E-state index contributed by atoms with van der Waals surface area (Å²) in [5.41, 5.74) is 11.1. The number of nitrogens with one attached hydrogen (secondary N) is 1. The molecule has 0 radical (unpaired) electrons. The van der Waals surface area contributed by atoms with E-state index in [2.05, 4.69) is 9.69 Å². The maximum atomic E-state index is 13.4. The van der Waals surface area contributed by atoms with Crippen molar-refractivity contribution in [2.24, 2.45) is 5.73 Å². The molecule has 0 bridgehead atoms. The summed E-state index contributed by atoms with van der Waals surface area (Å²) in [6, 6.07) is 3.31. The van der Waals surface area contributed by atoms with Crippen LogP contribution < -0.4 is 16.8 Å². The summed E-state index contributed by atoms with van der Waals surface area (Å²) in [4.78, 5) is 40.6. The standard InChI is InChI=1S/C20H27N5O3S2/c1-2-14(19(27)23-12-7-4-3-5-8-12)25(11-13-9-6-10-29-13)20(28)17-15(21)16(18(22)26)24-30-17/h6,9-10,12,14H,2-5,7-8,11,21H2,1H3,(H2,22,26)(H,23,27)/t14-/m0/s1. The van der Waals surface area contributed by atoms with Gasteiger partial charge in [-0.15, -0.1) is 11.3 Å². The Hall–Kier alpha value is -2.46. The number of anilines is 1. The smallest absolute Gasteiger partial charge is 0.270 e. The molecule has 2 aromatic heterocycles. The predicted molar refractivity (Wildman–Crippen MR) is 118 cm³/mol. The molecule has 0 saturated heterocycles. The number of thiophene rings is 1. The molecule has 1 fully saturated rings. The van der Waals surface area contributed by atoms with E-state index in [0.29, 0.717) is 6.42 Å². The summed E-state index contributed by atoms with van der Waals surface area (Å²) >= 11 is 2.34. The largest absolute Gasteiger partial charge is 0.395 e. The molecule has 3 amide bonds. The molecule has 1 atom stereocenters. The van der Waals surface area contributed by atoms with Gasteiger partial charge in [-0.25, -0.2) is 0 Å². The maximum absolute atomic E-state index is 13.4. The van der Waals surface area contributed by atoms with Crippen LogP contribution >= 0.6 is 22.9 Å². The Morgan fingerprint density at radius 3 is 2.60 bits per heavy atom. The molecule has 162 valence electrons. The fraction of sp³-hybridized carbons (Fsp3) is 0.500. The first-order valence-corrected chi connectivity index (χ1v) is 11.8. The molecule has 3 rings (SSSR count). The summed E-state index contributed by atoms with van der Waals surface area (Å²) in [7, 11) is 0. The summed E-state index contributed by atoms with van der Waals surface area (Å²) in [5.74, 6) is -1.36. The van der Waals surface area contributed by atoms with Gasteiger partial charge in [0.15, 0.2) is 5.69 Å². The fourth-order valence-electron chi connectivity index (χ4n) is 3.75. The molecule has 1 saturated carbocycles. The second-order valence-corrected chi connectivity index (χ2v) is 9.22. The summed E-state index contributed by atoms with van der Waals surface area (Å²) in [5, 5.41) is 5.05. The van der Waals surface area contributed by atoms with Gasteiger partial charge in [0, 0.05) is 10.9 Å². The lowest BCUT2D eigenvalue weighted by atomic mass is 9.95. The topological polar surface area (TPSA) is 131 Å². The lowest BCUT2D eigenvalue weighted by molar-refractivity contribution is -0.126. The van der Waals surface area contributed by atoms with Crippen molar-refractivity contribution in [1.29, 1.82) is 0 Å². The molecule has 8 nitrogen and oxygen atoms in total. The summed E-state index contributed by atoms with van der Waals surface area (Å²) in [6.07, 6.45) is 5.78.